The van der Waals surface area contributed by atoms with Gasteiger partial charge in [-0.1, -0.05) is 18.2 Å². The molecule has 1 aliphatic rings. The van der Waals surface area contributed by atoms with E-state index in [1.54, 1.807) is 59.5 Å². The standard InChI is InChI=1S/C19H23N3O4S/c1-2-26-17-10-8-16(9-11-17)20-19(23)21-12-14-22(15-13-21)27(24,25)18-6-4-3-5-7-18/h3-11H,2,12-15H2,1H3,(H,20,23). The van der Waals surface area contributed by atoms with E-state index in [-0.39, 0.29) is 24.0 Å². The lowest BCUT2D eigenvalue weighted by Gasteiger charge is -2.34. The normalized spacial score (nSPS) is 15.4. The average molecular weight is 389 g/mol. The Kier molecular flexibility index (Phi) is 5.98. The summed E-state index contributed by atoms with van der Waals surface area (Å²) >= 11 is 0. The molecule has 8 heteroatoms. The number of piperazine rings is 1. The largest absolute Gasteiger partial charge is 0.494 e. The molecule has 0 aromatic heterocycles. The van der Waals surface area contributed by atoms with E-state index in [0.29, 0.717) is 25.4 Å². The summed E-state index contributed by atoms with van der Waals surface area (Å²) in [6.07, 6.45) is 0. The number of rotatable bonds is 5. The van der Waals surface area contributed by atoms with E-state index in [4.69, 9.17) is 4.74 Å². The molecule has 0 bridgehead atoms. The van der Waals surface area contributed by atoms with Gasteiger partial charge in [0.2, 0.25) is 10.0 Å². The number of urea groups is 1. The molecule has 0 atom stereocenters. The third kappa shape index (κ3) is 4.58. The van der Waals surface area contributed by atoms with Crippen molar-refractivity contribution in [1.29, 1.82) is 0 Å². The van der Waals surface area contributed by atoms with Crippen LogP contribution in [0.25, 0.3) is 0 Å². The predicted octanol–water partition coefficient (Wildman–Crippen LogP) is 2.62. The van der Waals surface area contributed by atoms with Crippen LogP contribution in [-0.2, 0) is 10.0 Å². The second kappa shape index (κ2) is 8.41. The number of hydrogen-bond donors (Lipinski definition) is 1. The van der Waals surface area contributed by atoms with E-state index >= 15 is 0 Å². The molecular weight excluding hydrogens is 366 g/mol. The van der Waals surface area contributed by atoms with Crippen LogP contribution in [-0.4, -0.2) is 56.4 Å². The Bertz CT molecular complexity index is 862. The molecule has 0 radical (unpaired) electrons. The molecule has 1 N–H and O–H groups in total. The first-order valence-electron chi connectivity index (χ1n) is 8.84. The van der Waals surface area contributed by atoms with Gasteiger partial charge >= 0.3 is 6.03 Å². The highest BCUT2D eigenvalue weighted by atomic mass is 32.2. The molecule has 1 fully saturated rings. The third-order valence-electron chi connectivity index (χ3n) is 4.32. The van der Waals surface area contributed by atoms with Crippen LogP contribution in [0, 0.1) is 0 Å². The van der Waals surface area contributed by atoms with Crippen molar-refractivity contribution in [2.24, 2.45) is 0 Å². The molecule has 0 unspecified atom stereocenters. The molecule has 0 saturated carbocycles. The fourth-order valence-corrected chi connectivity index (χ4v) is 4.32. The summed E-state index contributed by atoms with van der Waals surface area (Å²) in [5.74, 6) is 0.746. The number of nitrogens with zero attached hydrogens (tertiary/aromatic N) is 2. The molecule has 2 amide bonds. The van der Waals surface area contributed by atoms with E-state index < -0.39 is 10.0 Å². The second-order valence-corrected chi connectivity index (χ2v) is 8.03. The average Bonchev–Trinajstić information content (AvgIpc) is 2.70. The Labute approximate surface area is 159 Å². The molecule has 1 heterocycles. The van der Waals surface area contributed by atoms with Crippen molar-refractivity contribution < 1.29 is 17.9 Å². The molecule has 27 heavy (non-hydrogen) atoms. The van der Waals surface area contributed by atoms with Gasteiger partial charge in [-0.05, 0) is 43.3 Å². The van der Waals surface area contributed by atoms with Crippen molar-refractivity contribution >= 4 is 21.7 Å². The van der Waals surface area contributed by atoms with Crippen molar-refractivity contribution in [3.05, 3.63) is 54.6 Å². The summed E-state index contributed by atoms with van der Waals surface area (Å²) < 4.78 is 32.1. The molecule has 1 aliphatic heterocycles. The predicted molar refractivity (Wildman–Crippen MR) is 103 cm³/mol. The lowest BCUT2D eigenvalue weighted by molar-refractivity contribution is 0.184. The number of sulfonamides is 1. The van der Waals surface area contributed by atoms with E-state index in [2.05, 4.69) is 5.32 Å². The minimum Gasteiger partial charge on any atom is -0.494 e. The summed E-state index contributed by atoms with van der Waals surface area (Å²) in [5, 5.41) is 2.83. The van der Waals surface area contributed by atoms with E-state index in [9.17, 15) is 13.2 Å². The lowest BCUT2D eigenvalue weighted by Crippen LogP contribution is -2.51. The maximum Gasteiger partial charge on any atom is 0.321 e. The molecule has 2 aromatic carbocycles. The van der Waals surface area contributed by atoms with Crippen LogP contribution in [0.1, 0.15) is 6.92 Å². The summed E-state index contributed by atoms with van der Waals surface area (Å²) in [6.45, 7) is 3.72. The summed E-state index contributed by atoms with van der Waals surface area (Å²) in [4.78, 5) is 14.3. The van der Waals surface area contributed by atoms with Gasteiger partial charge in [0.05, 0.1) is 11.5 Å². The second-order valence-electron chi connectivity index (χ2n) is 6.09. The van der Waals surface area contributed by atoms with Gasteiger partial charge in [-0.3, -0.25) is 0 Å². The van der Waals surface area contributed by atoms with Crippen LogP contribution < -0.4 is 10.1 Å². The molecular formula is C19H23N3O4S. The SMILES string of the molecule is CCOc1ccc(NC(=O)N2CCN(S(=O)(=O)c3ccccc3)CC2)cc1. The van der Waals surface area contributed by atoms with Gasteiger partial charge in [-0.15, -0.1) is 0 Å². The highest BCUT2D eigenvalue weighted by molar-refractivity contribution is 7.89. The first kappa shape index (κ1) is 19.2. The molecule has 7 nitrogen and oxygen atoms in total. The molecule has 144 valence electrons. The van der Waals surface area contributed by atoms with Gasteiger partial charge in [0.25, 0.3) is 0 Å². The fraction of sp³-hybridized carbons (Fsp3) is 0.316. The highest BCUT2D eigenvalue weighted by Crippen LogP contribution is 2.19. The van der Waals surface area contributed by atoms with Crippen LogP contribution in [0.3, 0.4) is 0 Å². The van der Waals surface area contributed by atoms with Crippen LogP contribution in [0.5, 0.6) is 5.75 Å². The number of carbonyl (C=O) groups excluding carboxylic acids is 1. The highest BCUT2D eigenvalue weighted by Gasteiger charge is 2.29. The minimum absolute atomic E-state index is 0.240. The Morgan fingerprint density at radius 3 is 2.22 bits per heavy atom. The molecule has 0 spiro atoms. The molecule has 0 aliphatic carbocycles. The van der Waals surface area contributed by atoms with Crippen molar-refractivity contribution in [2.75, 3.05) is 38.1 Å². The topological polar surface area (TPSA) is 79.0 Å². The maximum absolute atomic E-state index is 12.6. The number of ether oxygens (including phenoxy) is 1. The van der Waals surface area contributed by atoms with Crippen LogP contribution in [0.2, 0.25) is 0 Å². The van der Waals surface area contributed by atoms with Gasteiger partial charge in [0, 0.05) is 31.9 Å². The Hall–Kier alpha value is -2.58. The van der Waals surface area contributed by atoms with E-state index in [1.807, 2.05) is 6.92 Å². The Morgan fingerprint density at radius 2 is 1.63 bits per heavy atom. The van der Waals surface area contributed by atoms with Crippen molar-refractivity contribution in [1.82, 2.24) is 9.21 Å². The number of carbonyl (C=O) groups is 1. The molecule has 3 rings (SSSR count). The van der Waals surface area contributed by atoms with Crippen LogP contribution in [0.4, 0.5) is 10.5 Å². The van der Waals surface area contributed by atoms with Gasteiger partial charge in [-0.25, -0.2) is 13.2 Å². The number of hydrogen-bond acceptors (Lipinski definition) is 4. The zero-order chi connectivity index (χ0) is 19.3. The number of anilines is 1. The fourth-order valence-electron chi connectivity index (χ4n) is 2.88. The summed E-state index contributed by atoms with van der Waals surface area (Å²) in [5.41, 5.74) is 0.669. The smallest absolute Gasteiger partial charge is 0.321 e. The molecule has 1 saturated heterocycles. The minimum atomic E-state index is -3.52. The van der Waals surface area contributed by atoms with Crippen molar-refractivity contribution in [3.63, 3.8) is 0 Å². The monoisotopic (exact) mass is 389 g/mol. The molecule has 2 aromatic rings. The first-order chi connectivity index (χ1) is 13.0. The van der Waals surface area contributed by atoms with E-state index in [0.717, 1.165) is 5.75 Å². The Balaban J connectivity index is 1.56. The van der Waals surface area contributed by atoms with Gasteiger partial charge in [0.15, 0.2) is 0 Å². The quantitative estimate of drug-likeness (QED) is 0.853. The van der Waals surface area contributed by atoms with Crippen LogP contribution in [0.15, 0.2) is 59.5 Å². The Morgan fingerprint density at radius 1 is 1.00 bits per heavy atom. The van der Waals surface area contributed by atoms with Gasteiger partial charge in [0.1, 0.15) is 5.75 Å². The zero-order valence-electron chi connectivity index (χ0n) is 15.2. The first-order valence-corrected chi connectivity index (χ1v) is 10.3. The summed E-state index contributed by atoms with van der Waals surface area (Å²) in [7, 11) is -3.52. The lowest BCUT2D eigenvalue weighted by atomic mass is 10.3. The van der Waals surface area contributed by atoms with Gasteiger partial charge in [-0.2, -0.15) is 4.31 Å². The van der Waals surface area contributed by atoms with Crippen molar-refractivity contribution in [2.45, 2.75) is 11.8 Å². The number of amides is 2. The van der Waals surface area contributed by atoms with E-state index in [1.165, 1.54) is 4.31 Å². The van der Waals surface area contributed by atoms with Crippen molar-refractivity contribution in [3.8, 4) is 5.75 Å². The third-order valence-corrected chi connectivity index (χ3v) is 6.24. The number of nitrogens with one attached hydrogen (secondary N) is 1. The number of benzene rings is 2. The maximum atomic E-state index is 12.6. The van der Waals surface area contributed by atoms with Crippen LogP contribution >= 0.6 is 0 Å². The zero-order valence-corrected chi connectivity index (χ0v) is 16.0. The summed E-state index contributed by atoms with van der Waals surface area (Å²) in [6, 6.07) is 15.3. The van der Waals surface area contributed by atoms with Gasteiger partial charge < -0.3 is 15.0 Å².